The Morgan fingerprint density at radius 1 is 1.28 bits per heavy atom. The lowest BCUT2D eigenvalue weighted by Crippen LogP contribution is -1.94. The molecule has 2 aromatic rings. The standard InChI is InChI=1S/C14H13NO3/c1-10-6-7-14(18-10)13(17)8-9-15-11-4-2-3-5-12(11)16/h2-9,15-16H,1H3/b9-8+. The first-order valence-electron chi connectivity index (χ1n) is 5.48. The third-order valence-electron chi connectivity index (χ3n) is 2.36. The van der Waals surface area contributed by atoms with Gasteiger partial charge in [-0.3, -0.25) is 4.79 Å². The number of ketones is 1. The number of aromatic hydroxyl groups is 1. The first-order valence-corrected chi connectivity index (χ1v) is 5.48. The Morgan fingerprint density at radius 3 is 2.72 bits per heavy atom. The Hall–Kier alpha value is -2.49. The van der Waals surface area contributed by atoms with Gasteiger partial charge in [-0.05, 0) is 31.2 Å². The van der Waals surface area contributed by atoms with Gasteiger partial charge in [0.15, 0.2) is 5.76 Å². The van der Waals surface area contributed by atoms with Crippen molar-refractivity contribution in [2.75, 3.05) is 5.32 Å². The highest BCUT2D eigenvalue weighted by molar-refractivity contribution is 6.02. The SMILES string of the molecule is Cc1ccc(C(=O)/C=C/Nc2ccccc2O)o1. The van der Waals surface area contributed by atoms with Crippen LogP contribution in [0.5, 0.6) is 5.75 Å². The smallest absolute Gasteiger partial charge is 0.222 e. The van der Waals surface area contributed by atoms with Crippen LogP contribution >= 0.6 is 0 Å². The van der Waals surface area contributed by atoms with E-state index in [-0.39, 0.29) is 11.5 Å². The normalized spacial score (nSPS) is 10.7. The molecule has 1 aromatic carbocycles. The summed E-state index contributed by atoms with van der Waals surface area (Å²) in [6.07, 6.45) is 2.82. The van der Waals surface area contributed by atoms with Gasteiger partial charge in [0.2, 0.25) is 5.78 Å². The van der Waals surface area contributed by atoms with Crippen LogP contribution < -0.4 is 5.32 Å². The quantitative estimate of drug-likeness (QED) is 0.492. The van der Waals surface area contributed by atoms with Crippen LogP contribution in [0, 0.1) is 6.92 Å². The largest absolute Gasteiger partial charge is 0.506 e. The number of anilines is 1. The van der Waals surface area contributed by atoms with Crippen molar-refractivity contribution < 1.29 is 14.3 Å². The zero-order chi connectivity index (χ0) is 13.0. The highest BCUT2D eigenvalue weighted by Crippen LogP contribution is 2.21. The number of nitrogens with one attached hydrogen (secondary N) is 1. The summed E-state index contributed by atoms with van der Waals surface area (Å²) in [6, 6.07) is 10.1. The molecule has 92 valence electrons. The summed E-state index contributed by atoms with van der Waals surface area (Å²) in [7, 11) is 0. The van der Waals surface area contributed by atoms with Crippen LogP contribution in [0.25, 0.3) is 0 Å². The lowest BCUT2D eigenvalue weighted by atomic mass is 10.3. The van der Waals surface area contributed by atoms with Crippen molar-refractivity contribution in [3.63, 3.8) is 0 Å². The van der Waals surface area contributed by atoms with Crippen molar-refractivity contribution in [1.29, 1.82) is 0 Å². The molecule has 4 nitrogen and oxygen atoms in total. The van der Waals surface area contributed by atoms with Crippen LogP contribution in [0.15, 0.2) is 53.1 Å². The van der Waals surface area contributed by atoms with Gasteiger partial charge < -0.3 is 14.8 Å². The Morgan fingerprint density at radius 2 is 2.06 bits per heavy atom. The number of furan rings is 1. The third-order valence-corrected chi connectivity index (χ3v) is 2.36. The average Bonchev–Trinajstić information content (AvgIpc) is 2.78. The van der Waals surface area contributed by atoms with Crippen molar-refractivity contribution in [1.82, 2.24) is 0 Å². The summed E-state index contributed by atoms with van der Waals surface area (Å²) in [5.41, 5.74) is 0.539. The van der Waals surface area contributed by atoms with Gasteiger partial charge in [-0.25, -0.2) is 0 Å². The second-order valence-electron chi connectivity index (χ2n) is 3.77. The van der Waals surface area contributed by atoms with Crippen molar-refractivity contribution in [2.24, 2.45) is 0 Å². The highest BCUT2D eigenvalue weighted by atomic mass is 16.3. The van der Waals surface area contributed by atoms with Crippen molar-refractivity contribution in [3.05, 3.63) is 60.2 Å². The van der Waals surface area contributed by atoms with E-state index in [9.17, 15) is 9.90 Å². The molecular weight excluding hydrogens is 230 g/mol. The number of carbonyl (C=O) groups excluding carboxylic acids is 1. The maximum absolute atomic E-state index is 11.7. The molecule has 2 N–H and O–H groups in total. The fraction of sp³-hybridized carbons (Fsp3) is 0.0714. The Bertz CT molecular complexity index is 584. The van der Waals surface area contributed by atoms with Gasteiger partial charge in [0.05, 0.1) is 5.69 Å². The number of aryl methyl sites for hydroxylation is 1. The molecule has 0 radical (unpaired) electrons. The zero-order valence-electron chi connectivity index (χ0n) is 9.88. The van der Waals surface area contributed by atoms with Crippen LogP contribution in [0.2, 0.25) is 0 Å². The summed E-state index contributed by atoms with van der Waals surface area (Å²) < 4.78 is 5.19. The Balaban J connectivity index is 2.00. The number of allylic oxidation sites excluding steroid dienone is 1. The van der Waals surface area contributed by atoms with Gasteiger partial charge in [0.25, 0.3) is 0 Å². The van der Waals surface area contributed by atoms with Gasteiger partial charge >= 0.3 is 0 Å². The van der Waals surface area contributed by atoms with E-state index in [1.807, 2.05) is 0 Å². The minimum atomic E-state index is -0.231. The van der Waals surface area contributed by atoms with E-state index in [4.69, 9.17) is 4.42 Å². The molecular formula is C14H13NO3. The van der Waals surface area contributed by atoms with E-state index in [0.717, 1.165) is 0 Å². The van der Waals surface area contributed by atoms with Crippen molar-refractivity contribution in [3.8, 4) is 5.75 Å². The van der Waals surface area contributed by atoms with Gasteiger partial charge in [-0.1, -0.05) is 12.1 Å². The molecule has 0 aliphatic carbocycles. The van der Waals surface area contributed by atoms with Crippen LogP contribution in [-0.2, 0) is 0 Å². The van der Waals surface area contributed by atoms with Crippen LogP contribution in [-0.4, -0.2) is 10.9 Å². The lowest BCUT2D eigenvalue weighted by Gasteiger charge is -2.02. The van der Waals surface area contributed by atoms with E-state index >= 15 is 0 Å². The molecule has 0 saturated carbocycles. The molecule has 0 fully saturated rings. The van der Waals surface area contributed by atoms with Crippen LogP contribution in [0.3, 0.4) is 0 Å². The van der Waals surface area contributed by atoms with E-state index in [2.05, 4.69) is 5.32 Å². The molecule has 0 aliphatic heterocycles. The van der Waals surface area contributed by atoms with E-state index in [0.29, 0.717) is 17.2 Å². The monoisotopic (exact) mass is 243 g/mol. The Labute approximate surface area is 105 Å². The fourth-order valence-corrected chi connectivity index (χ4v) is 1.45. The topological polar surface area (TPSA) is 62.5 Å². The molecule has 0 saturated heterocycles. The molecule has 18 heavy (non-hydrogen) atoms. The minimum Gasteiger partial charge on any atom is -0.506 e. The van der Waals surface area contributed by atoms with E-state index < -0.39 is 0 Å². The first-order chi connectivity index (χ1) is 8.66. The molecule has 0 bridgehead atoms. The first kappa shape index (κ1) is 12.0. The molecule has 0 unspecified atom stereocenters. The second kappa shape index (κ2) is 5.23. The summed E-state index contributed by atoms with van der Waals surface area (Å²) >= 11 is 0. The molecule has 1 heterocycles. The summed E-state index contributed by atoms with van der Waals surface area (Å²) in [6.45, 7) is 1.78. The van der Waals surface area contributed by atoms with Gasteiger partial charge in [-0.15, -0.1) is 0 Å². The molecule has 0 spiro atoms. The fourth-order valence-electron chi connectivity index (χ4n) is 1.45. The summed E-state index contributed by atoms with van der Waals surface area (Å²) in [4.78, 5) is 11.7. The van der Waals surface area contributed by atoms with E-state index in [1.165, 1.54) is 12.3 Å². The number of rotatable bonds is 4. The number of hydrogen-bond acceptors (Lipinski definition) is 4. The second-order valence-corrected chi connectivity index (χ2v) is 3.77. The Kier molecular flexibility index (Phi) is 3.48. The van der Waals surface area contributed by atoms with Gasteiger partial charge in [0.1, 0.15) is 11.5 Å². The van der Waals surface area contributed by atoms with Crippen molar-refractivity contribution >= 4 is 11.5 Å². The number of hydrogen-bond donors (Lipinski definition) is 2. The molecule has 0 aliphatic rings. The predicted octanol–water partition coefficient (Wildman–Crippen LogP) is 3.10. The maximum atomic E-state index is 11.7. The number of carbonyl (C=O) groups is 1. The minimum absolute atomic E-state index is 0.128. The number of phenols is 1. The molecule has 0 atom stereocenters. The third kappa shape index (κ3) is 2.79. The van der Waals surface area contributed by atoms with Crippen LogP contribution in [0.4, 0.5) is 5.69 Å². The van der Waals surface area contributed by atoms with Gasteiger partial charge in [-0.2, -0.15) is 0 Å². The number of phenolic OH excluding ortho intramolecular Hbond substituents is 1. The van der Waals surface area contributed by atoms with Crippen LogP contribution in [0.1, 0.15) is 16.3 Å². The van der Waals surface area contributed by atoms with Crippen molar-refractivity contribution in [2.45, 2.75) is 6.92 Å². The lowest BCUT2D eigenvalue weighted by molar-refractivity contribution is 0.102. The predicted molar refractivity (Wildman–Crippen MR) is 68.6 cm³/mol. The highest BCUT2D eigenvalue weighted by Gasteiger charge is 2.05. The summed E-state index contributed by atoms with van der Waals surface area (Å²) in [5, 5.41) is 12.3. The molecule has 4 heteroatoms. The number of benzene rings is 1. The molecule has 0 amide bonds. The van der Waals surface area contributed by atoms with Gasteiger partial charge in [0, 0.05) is 12.3 Å². The molecule has 2 rings (SSSR count). The van der Waals surface area contributed by atoms with E-state index in [1.54, 1.807) is 43.3 Å². The summed E-state index contributed by atoms with van der Waals surface area (Å²) in [5.74, 6) is 0.887. The maximum Gasteiger partial charge on any atom is 0.222 e. The number of para-hydroxylation sites is 2. The average molecular weight is 243 g/mol. The molecule has 1 aromatic heterocycles. The zero-order valence-corrected chi connectivity index (χ0v) is 9.88.